The molecule has 0 aromatic carbocycles. The Morgan fingerprint density at radius 3 is 2.71 bits per heavy atom. The SMILES string of the molecule is Cc1nc(S(N)(=O)=O)cn1C1CCOC2(CCOCC2)C1. The fourth-order valence-electron chi connectivity index (χ4n) is 3.30. The Balaban J connectivity index is 1.85. The van der Waals surface area contributed by atoms with Crippen molar-refractivity contribution in [3.8, 4) is 0 Å². The third-order valence-corrected chi connectivity index (χ3v) is 5.23. The van der Waals surface area contributed by atoms with Crippen molar-refractivity contribution in [2.75, 3.05) is 19.8 Å². The molecule has 2 aliphatic rings. The van der Waals surface area contributed by atoms with Crippen LogP contribution >= 0.6 is 0 Å². The van der Waals surface area contributed by atoms with Crippen LogP contribution in [0.1, 0.15) is 37.5 Å². The number of imidazole rings is 1. The second-order valence-electron chi connectivity index (χ2n) is 5.87. The van der Waals surface area contributed by atoms with Gasteiger partial charge in [0.1, 0.15) is 5.82 Å². The molecule has 3 heterocycles. The summed E-state index contributed by atoms with van der Waals surface area (Å²) in [7, 11) is -3.76. The lowest BCUT2D eigenvalue weighted by atomic mass is 9.84. The van der Waals surface area contributed by atoms with Crippen molar-refractivity contribution in [1.29, 1.82) is 0 Å². The van der Waals surface area contributed by atoms with Crippen molar-refractivity contribution in [2.45, 2.75) is 49.3 Å². The van der Waals surface area contributed by atoms with Crippen LogP contribution in [0.25, 0.3) is 0 Å². The summed E-state index contributed by atoms with van der Waals surface area (Å²) in [6, 6.07) is 0.194. The minimum Gasteiger partial charge on any atom is -0.381 e. The van der Waals surface area contributed by atoms with Gasteiger partial charge in [0.15, 0.2) is 5.03 Å². The highest BCUT2D eigenvalue weighted by Gasteiger charge is 2.40. The molecule has 8 heteroatoms. The first-order valence-corrected chi connectivity index (χ1v) is 8.74. The summed E-state index contributed by atoms with van der Waals surface area (Å²) in [6.45, 7) is 3.92. The third kappa shape index (κ3) is 2.98. The molecular formula is C13H21N3O4S. The van der Waals surface area contributed by atoms with E-state index >= 15 is 0 Å². The zero-order chi connectivity index (χ0) is 15.1. The highest BCUT2D eigenvalue weighted by atomic mass is 32.2. The Kier molecular flexibility index (Phi) is 3.81. The second-order valence-corrected chi connectivity index (χ2v) is 7.38. The number of nitrogens with zero attached hydrogens (tertiary/aromatic N) is 2. The van der Waals surface area contributed by atoms with E-state index in [9.17, 15) is 8.42 Å². The molecule has 118 valence electrons. The van der Waals surface area contributed by atoms with Crippen molar-refractivity contribution in [3.05, 3.63) is 12.0 Å². The van der Waals surface area contributed by atoms with E-state index in [4.69, 9.17) is 14.6 Å². The predicted molar refractivity (Wildman–Crippen MR) is 75.3 cm³/mol. The standard InChI is InChI=1S/C13H21N3O4S/c1-10-15-12(21(14,17)18)9-16(10)11-2-5-20-13(8-11)3-6-19-7-4-13/h9,11H,2-8H2,1H3,(H2,14,17,18). The van der Waals surface area contributed by atoms with Gasteiger partial charge in [-0.3, -0.25) is 0 Å². The molecule has 0 radical (unpaired) electrons. The van der Waals surface area contributed by atoms with Gasteiger partial charge in [-0.1, -0.05) is 0 Å². The molecule has 7 nitrogen and oxygen atoms in total. The Labute approximate surface area is 124 Å². The molecule has 1 aromatic rings. The van der Waals surface area contributed by atoms with E-state index in [2.05, 4.69) is 4.98 Å². The number of sulfonamides is 1. The molecule has 1 unspecified atom stereocenters. The summed E-state index contributed by atoms with van der Waals surface area (Å²) in [6.07, 6.45) is 5.04. The summed E-state index contributed by atoms with van der Waals surface area (Å²) in [5.74, 6) is 0.674. The van der Waals surface area contributed by atoms with Gasteiger partial charge in [-0.25, -0.2) is 18.5 Å². The maximum atomic E-state index is 11.4. The van der Waals surface area contributed by atoms with Gasteiger partial charge in [0.25, 0.3) is 10.0 Å². The van der Waals surface area contributed by atoms with Crippen molar-refractivity contribution >= 4 is 10.0 Å². The predicted octanol–water partition coefficient (Wildman–Crippen LogP) is 0.740. The fourth-order valence-corrected chi connectivity index (χ4v) is 3.82. The topological polar surface area (TPSA) is 96.4 Å². The molecule has 2 N–H and O–H groups in total. The van der Waals surface area contributed by atoms with Gasteiger partial charge < -0.3 is 14.0 Å². The number of aromatic nitrogens is 2. The number of rotatable bonds is 2. The quantitative estimate of drug-likeness (QED) is 0.868. The van der Waals surface area contributed by atoms with Crippen LogP contribution in [0, 0.1) is 6.92 Å². The van der Waals surface area contributed by atoms with Gasteiger partial charge >= 0.3 is 0 Å². The maximum Gasteiger partial charge on any atom is 0.257 e. The Bertz CT molecular complexity index is 614. The van der Waals surface area contributed by atoms with Gasteiger partial charge in [-0.15, -0.1) is 0 Å². The normalized spacial score (nSPS) is 26.1. The first-order valence-electron chi connectivity index (χ1n) is 7.20. The number of primary sulfonamides is 1. The number of hydrogen-bond acceptors (Lipinski definition) is 5. The number of aryl methyl sites for hydroxylation is 1. The van der Waals surface area contributed by atoms with E-state index in [0.29, 0.717) is 12.4 Å². The molecule has 0 bridgehead atoms. The monoisotopic (exact) mass is 315 g/mol. The summed E-state index contributed by atoms with van der Waals surface area (Å²) >= 11 is 0. The molecule has 3 rings (SSSR count). The van der Waals surface area contributed by atoms with Crippen LogP contribution in [0.4, 0.5) is 0 Å². The highest BCUT2D eigenvalue weighted by molar-refractivity contribution is 7.89. The lowest BCUT2D eigenvalue weighted by molar-refractivity contribution is -0.144. The van der Waals surface area contributed by atoms with E-state index < -0.39 is 10.0 Å². The van der Waals surface area contributed by atoms with E-state index in [1.165, 1.54) is 0 Å². The van der Waals surface area contributed by atoms with Crippen LogP contribution in [0.3, 0.4) is 0 Å². The molecule has 0 amide bonds. The lowest BCUT2D eigenvalue weighted by Gasteiger charge is -2.43. The molecule has 0 saturated carbocycles. The summed E-state index contributed by atoms with van der Waals surface area (Å²) in [4.78, 5) is 4.08. The molecule has 2 aliphatic heterocycles. The average molecular weight is 315 g/mol. The fraction of sp³-hybridized carbons (Fsp3) is 0.769. The molecule has 2 saturated heterocycles. The molecule has 21 heavy (non-hydrogen) atoms. The Hall–Kier alpha value is -0.960. The van der Waals surface area contributed by atoms with Gasteiger partial charge in [-0.2, -0.15) is 0 Å². The van der Waals surface area contributed by atoms with Crippen molar-refractivity contribution in [3.63, 3.8) is 0 Å². The summed E-state index contributed by atoms with van der Waals surface area (Å²) < 4.78 is 36.2. The van der Waals surface area contributed by atoms with Crippen LogP contribution in [0.5, 0.6) is 0 Å². The number of nitrogens with two attached hydrogens (primary N) is 1. The van der Waals surface area contributed by atoms with E-state index in [1.807, 2.05) is 4.57 Å². The summed E-state index contributed by atoms with van der Waals surface area (Å²) in [5, 5.41) is 5.10. The largest absolute Gasteiger partial charge is 0.381 e. The van der Waals surface area contributed by atoms with E-state index in [0.717, 1.165) is 38.9 Å². The smallest absolute Gasteiger partial charge is 0.257 e. The lowest BCUT2D eigenvalue weighted by Crippen LogP contribution is -2.44. The molecule has 0 aliphatic carbocycles. The van der Waals surface area contributed by atoms with Crippen molar-refractivity contribution in [1.82, 2.24) is 9.55 Å². The van der Waals surface area contributed by atoms with Crippen LogP contribution in [-0.4, -0.2) is 43.4 Å². The van der Waals surface area contributed by atoms with Crippen LogP contribution in [0.15, 0.2) is 11.2 Å². The van der Waals surface area contributed by atoms with Crippen molar-refractivity contribution < 1.29 is 17.9 Å². The van der Waals surface area contributed by atoms with Gasteiger partial charge in [0.05, 0.1) is 5.60 Å². The molecular weight excluding hydrogens is 294 g/mol. The van der Waals surface area contributed by atoms with Crippen LogP contribution < -0.4 is 5.14 Å². The van der Waals surface area contributed by atoms with Gasteiger partial charge in [0, 0.05) is 32.1 Å². The molecule has 1 aromatic heterocycles. The maximum absolute atomic E-state index is 11.4. The molecule has 2 fully saturated rings. The molecule has 1 spiro atoms. The minimum atomic E-state index is -3.76. The average Bonchev–Trinajstić information content (AvgIpc) is 2.82. The zero-order valence-corrected chi connectivity index (χ0v) is 12.9. The highest BCUT2D eigenvalue weighted by Crippen LogP contribution is 2.39. The van der Waals surface area contributed by atoms with Gasteiger partial charge in [-0.05, 0) is 32.6 Å². The molecule has 1 atom stereocenters. The Morgan fingerprint density at radius 1 is 1.38 bits per heavy atom. The third-order valence-electron chi connectivity index (χ3n) is 4.45. The Morgan fingerprint density at radius 2 is 2.10 bits per heavy atom. The number of hydrogen-bond donors (Lipinski definition) is 1. The first kappa shape index (κ1) is 15.0. The van der Waals surface area contributed by atoms with E-state index in [-0.39, 0.29) is 16.7 Å². The van der Waals surface area contributed by atoms with Crippen LogP contribution in [0.2, 0.25) is 0 Å². The minimum absolute atomic E-state index is 0.0625. The first-order chi connectivity index (χ1) is 9.90. The summed E-state index contributed by atoms with van der Waals surface area (Å²) in [5.41, 5.74) is -0.139. The number of ether oxygens (including phenoxy) is 2. The second kappa shape index (κ2) is 5.35. The van der Waals surface area contributed by atoms with E-state index in [1.54, 1.807) is 13.1 Å². The van der Waals surface area contributed by atoms with Crippen molar-refractivity contribution in [2.24, 2.45) is 5.14 Å². The van der Waals surface area contributed by atoms with Gasteiger partial charge in [0.2, 0.25) is 0 Å². The zero-order valence-electron chi connectivity index (χ0n) is 12.1. The van der Waals surface area contributed by atoms with Crippen LogP contribution in [-0.2, 0) is 19.5 Å².